The zero-order chi connectivity index (χ0) is 13.7. The van der Waals surface area contributed by atoms with Crippen LogP contribution in [0, 0.1) is 6.92 Å². The maximum Gasteiger partial charge on any atom is 0.224 e. The fraction of sp³-hybridized carbons (Fsp3) is 0.615. The van der Waals surface area contributed by atoms with Crippen molar-refractivity contribution in [3.05, 3.63) is 11.9 Å². The average Bonchev–Trinajstić information content (AvgIpc) is 2.38. The molecule has 1 saturated heterocycles. The molecule has 1 aromatic heterocycles. The number of nitrogens with zero attached hydrogens (tertiary/aromatic N) is 3. The lowest BCUT2D eigenvalue weighted by Gasteiger charge is -2.26. The minimum atomic E-state index is 0.214. The van der Waals surface area contributed by atoms with Gasteiger partial charge in [0.15, 0.2) is 0 Å². The van der Waals surface area contributed by atoms with Gasteiger partial charge in [0.1, 0.15) is 17.5 Å². The van der Waals surface area contributed by atoms with Crippen molar-refractivity contribution in [1.82, 2.24) is 14.9 Å². The summed E-state index contributed by atoms with van der Waals surface area (Å²) in [5.41, 5.74) is 5.64. The van der Waals surface area contributed by atoms with E-state index in [1.54, 1.807) is 13.0 Å². The van der Waals surface area contributed by atoms with Gasteiger partial charge in [0, 0.05) is 32.1 Å². The Morgan fingerprint density at radius 2 is 2.11 bits per heavy atom. The van der Waals surface area contributed by atoms with Gasteiger partial charge in [-0.05, 0) is 26.2 Å². The number of piperidine rings is 1. The second-order valence-corrected chi connectivity index (χ2v) is 4.84. The Hall–Kier alpha value is -1.85. The number of nitrogen functional groups attached to an aromatic ring is 1. The second-order valence-electron chi connectivity index (χ2n) is 4.84. The molecule has 1 amide bonds. The first-order valence-electron chi connectivity index (χ1n) is 6.78. The van der Waals surface area contributed by atoms with Gasteiger partial charge in [0.25, 0.3) is 0 Å². The molecule has 1 aliphatic rings. The van der Waals surface area contributed by atoms with E-state index in [0.29, 0.717) is 30.4 Å². The molecule has 0 bridgehead atoms. The van der Waals surface area contributed by atoms with Gasteiger partial charge in [0.2, 0.25) is 5.91 Å². The SMILES string of the molecule is Cc1nc(N)cc(NCCC(=O)N2CCCCC2)n1. The van der Waals surface area contributed by atoms with Crippen LogP contribution < -0.4 is 11.1 Å². The van der Waals surface area contributed by atoms with E-state index < -0.39 is 0 Å². The highest BCUT2D eigenvalue weighted by Crippen LogP contribution is 2.11. The molecule has 0 unspecified atom stereocenters. The molecule has 0 spiro atoms. The second kappa shape index (κ2) is 6.36. The molecule has 1 aliphatic heterocycles. The number of aromatic nitrogens is 2. The van der Waals surface area contributed by atoms with Crippen LogP contribution in [0.4, 0.5) is 11.6 Å². The van der Waals surface area contributed by atoms with E-state index in [-0.39, 0.29) is 5.91 Å². The zero-order valence-electron chi connectivity index (χ0n) is 11.4. The number of hydrogen-bond donors (Lipinski definition) is 2. The van der Waals surface area contributed by atoms with Crippen molar-refractivity contribution in [2.75, 3.05) is 30.7 Å². The number of aryl methyl sites for hydroxylation is 1. The highest BCUT2D eigenvalue weighted by molar-refractivity contribution is 5.76. The summed E-state index contributed by atoms with van der Waals surface area (Å²) >= 11 is 0. The highest BCUT2D eigenvalue weighted by Gasteiger charge is 2.15. The summed E-state index contributed by atoms with van der Waals surface area (Å²) in [7, 11) is 0. The molecule has 6 heteroatoms. The molecule has 6 nitrogen and oxygen atoms in total. The van der Waals surface area contributed by atoms with E-state index in [2.05, 4.69) is 15.3 Å². The van der Waals surface area contributed by atoms with Gasteiger partial charge in [-0.15, -0.1) is 0 Å². The summed E-state index contributed by atoms with van der Waals surface area (Å²) in [6.45, 7) is 4.17. The van der Waals surface area contributed by atoms with Crippen LogP contribution in [0.1, 0.15) is 31.5 Å². The van der Waals surface area contributed by atoms with E-state index in [1.165, 1.54) is 6.42 Å². The number of nitrogens with two attached hydrogens (primary N) is 1. The zero-order valence-corrected chi connectivity index (χ0v) is 11.4. The fourth-order valence-electron chi connectivity index (χ4n) is 2.28. The number of hydrogen-bond acceptors (Lipinski definition) is 5. The molecule has 0 aromatic carbocycles. The van der Waals surface area contributed by atoms with E-state index in [4.69, 9.17) is 5.73 Å². The molecular weight excluding hydrogens is 242 g/mol. The van der Waals surface area contributed by atoms with Crippen LogP contribution in [0.3, 0.4) is 0 Å². The molecule has 1 aromatic rings. The van der Waals surface area contributed by atoms with Crippen LogP contribution in [0.5, 0.6) is 0 Å². The van der Waals surface area contributed by atoms with Crippen LogP contribution in [-0.4, -0.2) is 40.4 Å². The van der Waals surface area contributed by atoms with Crippen molar-refractivity contribution >= 4 is 17.5 Å². The molecule has 1 fully saturated rings. The van der Waals surface area contributed by atoms with Crippen molar-refractivity contribution in [3.8, 4) is 0 Å². The maximum absolute atomic E-state index is 12.0. The van der Waals surface area contributed by atoms with Gasteiger partial charge < -0.3 is 16.0 Å². The molecule has 2 rings (SSSR count). The van der Waals surface area contributed by atoms with E-state index in [1.807, 2.05) is 4.90 Å². The van der Waals surface area contributed by atoms with E-state index in [0.717, 1.165) is 25.9 Å². The molecule has 0 radical (unpaired) electrons. The summed E-state index contributed by atoms with van der Waals surface area (Å²) in [5, 5.41) is 3.12. The normalized spacial score (nSPS) is 15.3. The summed E-state index contributed by atoms with van der Waals surface area (Å²) in [6, 6.07) is 1.68. The lowest BCUT2D eigenvalue weighted by Crippen LogP contribution is -2.36. The number of likely N-dealkylation sites (tertiary alicyclic amines) is 1. The van der Waals surface area contributed by atoms with Crippen LogP contribution in [-0.2, 0) is 4.79 Å². The van der Waals surface area contributed by atoms with Gasteiger partial charge in [-0.25, -0.2) is 9.97 Å². The third-order valence-electron chi connectivity index (χ3n) is 3.21. The van der Waals surface area contributed by atoms with Crippen LogP contribution in [0.15, 0.2) is 6.07 Å². The minimum absolute atomic E-state index is 0.214. The van der Waals surface area contributed by atoms with Crippen LogP contribution >= 0.6 is 0 Å². The molecule has 0 atom stereocenters. The summed E-state index contributed by atoms with van der Waals surface area (Å²) in [5.74, 6) is 1.96. The highest BCUT2D eigenvalue weighted by atomic mass is 16.2. The van der Waals surface area contributed by atoms with Gasteiger partial charge in [0.05, 0.1) is 0 Å². The molecule has 19 heavy (non-hydrogen) atoms. The molecule has 2 heterocycles. The molecule has 0 saturated carbocycles. The van der Waals surface area contributed by atoms with Crippen LogP contribution in [0.2, 0.25) is 0 Å². The van der Waals surface area contributed by atoms with Gasteiger partial charge in [-0.2, -0.15) is 0 Å². The predicted octanol–water partition coefficient (Wildman–Crippen LogP) is 1.18. The summed E-state index contributed by atoms with van der Waals surface area (Å²) in [4.78, 5) is 22.1. The fourth-order valence-corrected chi connectivity index (χ4v) is 2.28. The topological polar surface area (TPSA) is 84.1 Å². The minimum Gasteiger partial charge on any atom is -0.384 e. The Morgan fingerprint density at radius 3 is 2.79 bits per heavy atom. The molecule has 3 N–H and O–H groups in total. The number of carbonyl (C=O) groups excluding carboxylic acids is 1. The largest absolute Gasteiger partial charge is 0.384 e. The molecule has 104 valence electrons. The smallest absolute Gasteiger partial charge is 0.224 e. The number of rotatable bonds is 4. The summed E-state index contributed by atoms with van der Waals surface area (Å²) in [6.07, 6.45) is 3.98. The van der Waals surface area contributed by atoms with Crippen molar-refractivity contribution in [3.63, 3.8) is 0 Å². The monoisotopic (exact) mass is 263 g/mol. The Kier molecular flexibility index (Phi) is 4.54. The standard InChI is InChI=1S/C13H21N5O/c1-10-16-11(14)9-12(17-10)15-6-5-13(19)18-7-3-2-4-8-18/h9H,2-8H2,1H3,(H3,14,15,16,17). The van der Waals surface area contributed by atoms with Crippen molar-refractivity contribution < 1.29 is 4.79 Å². The van der Waals surface area contributed by atoms with E-state index >= 15 is 0 Å². The first-order chi connectivity index (χ1) is 9.15. The molecule has 0 aliphatic carbocycles. The number of amides is 1. The van der Waals surface area contributed by atoms with Gasteiger partial charge in [-0.3, -0.25) is 4.79 Å². The van der Waals surface area contributed by atoms with E-state index in [9.17, 15) is 4.79 Å². The third kappa shape index (κ3) is 4.08. The Labute approximate surface area is 113 Å². The first-order valence-corrected chi connectivity index (χ1v) is 6.78. The lowest BCUT2D eigenvalue weighted by atomic mass is 10.1. The molecular formula is C13H21N5O. The Bertz CT molecular complexity index is 422. The number of nitrogens with one attached hydrogen (secondary N) is 1. The Morgan fingerprint density at radius 1 is 1.37 bits per heavy atom. The van der Waals surface area contributed by atoms with Crippen molar-refractivity contribution in [2.45, 2.75) is 32.6 Å². The van der Waals surface area contributed by atoms with Crippen LogP contribution in [0.25, 0.3) is 0 Å². The number of anilines is 2. The van der Waals surface area contributed by atoms with Crippen molar-refractivity contribution in [2.24, 2.45) is 0 Å². The third-order valence-corrected chi connectivity index (χ3v) is 3.21. The summed E-state index contributed by atoms with van der Waals surface area (Å²) < 4.78 is 0. The van der Waals surface area contributed by atoms with Gasteiger partial charge in [-0.1, -0.05) is 0 Å². The predicted molar refractivity (Wildman–Crippen MR) is 74.7 cm³/mol. The van der Waals surface area contributed by atoms with Crippen molar-refractivity contribution in [1.29, 1.82) is 0 Å². The number of carbonyl (C=O) groups is 1. The first kappa shape index (κ1) is 13.6. The lowest BCUT2D eigenvalue weighted by molar-refractivity contribution is -0.131. The average molecular weight is 263 g/mol. The van der Waals surface area contributed by atoms with Gasteiger partial charge >= 0.3 is 0 Å². The Balaban J connectivity index is 1.77. The maximum atomic E-state index is 12.0. The quantitative estimate of drug-likeness (QED) is 0.852.